The summed E-state index contributed by atoms with van der Waals surface area (Å²) >= 11 is 1.58. The highest BCUT2D eigenvalue weighted by molar-refractivity contribution is 8.00. The minimum absolute atomic E-state index is 0.0365. The first-order chi connectivity index (χ1) is 12.0. The van der Waals surface area contributed by atoms with Crippen molar-refractivity contribution in [2.45, 2.75) is 18.7 Å². The topological polar surface area (TPSA) is 53.8 Å². The van der Waals surface area contributed by atoms with Gasteiger partial charge in [0.05, 0.1) is 17.6 Å². The number of furan rings is 1. The summed E-state index contributed by atoms with van der Waals surface area (Å²) in [7, 11) is 0. The van der Waals surface area contributed by atoms with Crippen LogP contribution in [0.3, 0.4) is 0 Å². The zero-order chi connectivity index (χ0) is 17.8. The predicted octanol–water partition coefficient (Wildman–Crippen LogP) is 2.97. The van der Waals surface area contributed by atoms with Gasteiger partial charge in [0.1, 0.15) is 6.26 Å². The Morgan fingerprint density at radius 1 is 1.08 bits per heavy atom. The van der Waals surface area contributed by atoms with Gasteiger partial charge in [-0.15, -0.1) is 11.8 Å². The Bertz CT molecular complexity index is 750. The molecule has 0 aliphatic carbocycles. The largest absolute Gasteiger partial charge is 0.472 e. The molecule has 1 saturated heterocycles. The number of nitrogens with zero attached hydrogens (tertiary/aromatic N) is 2. The van der Waals surface area contributed by atoms with E-state index >= 15 is 0 Å². The number of piperazine rings is 1. The fraction of sp³-hybridized carbons (Fsp3) is 0.368. The van der Waals surface area contributed by atoms with Gasteiger partial charge >= 0.3 is 0 Å². The van der Waals surface area contributed by atoms with E-state index in [4.69, 9.17) is 4.42 Å². The maximum absolute atomic E-state index is 12.5. The smallest absolute Gasteiger partial charge is 0.257 e. The number of hydrogen-bond acceptors (Lipinski definition) is 4. The standard InChI is InChI=1S/C19H22N2O3S/c1-14-3-4-15(2)17(11-14)25-13-18(22)20-6-8-21(9-7-20)19(23)16-5-10-24-12-16/h3-5,10-12H,6-9,13H2,1-2H3. The van der Waals surface area contributed by atoms with Crippen LogP contribution in [0, 0.1) is 13.8 Å². The first-order valence-corrected chi connectivity index (χ1v) is 9.32. The summed E-state index contributed by atoms with van der Waals surface area (Å²) in [6, 6.07) is 7.95. The molecule has 3 rings (SSSR count). The molecule has 0 unspecified atom stereocenters. The number of hydrogen-bond donors (Lipinski definition) is 0. The zero-order valence-electron chi connectivity index (χ0n) is 14.5. The average molecular weight is 358 g/mol. The number of rotatable bonds is 4. The number of aryl methyl sites for hydroxylation is 2. The van der Waals surface area contributed by atoms with Gasteiger partial charge in [0.15, 0.2) is 0 Å². The molecule has 0 spiro atoms. The quantitative estimate of drug-likeness (QED) is 0.789. The van der Waals surface area contributed by atoms with E-state index < -0.39 is 0 Å². The van der Waals surface area contributed by atoms with Crippen molar-refractivity contribution in [1.29, 1.82) is 0 Å². The molecule has 0 N–H and O–H groups in total. The number of thioether (sulfide) groups is 1. The molecular formula is C19H22N2O3S. The van der Waals surface area contributed by atoms with E-state index in [1.807, 2.05) is 4.90 Å². The van der Waals surface area contributed by atoms with Crippen LogP contribution in [0.5, 0.6) is 0 Å². The number of carbonyl (C=O) groups excluding carboxylic acids is 2. The average Bonchev–Trinajstić information content (AvgIpc) is 3.16. The Labute approximate surface area is 152 Å². The third-order valence-corrected chi connectivity index (χ3v) is 5.52. The fourth-order valence-corrected chi connectivity index (χ4v) is 3.85. The maximum atomic E-state index is 12.5. The summed E-state index contributed by atoms with van der Waals surface area (Å²) in [6.07, 6.45) is 2.96. The lowest BCUT2D eigenvalue weighted by Crippen LogP contribution is -2.51. The van der Waals surface area contributed by atoms with Crippen molar-refractivity contribution in [2.75, 3.05) is 31.9 Å². The van der Waals surface area contributed by atoms with Crippen LogP contribution in [0.1, 0.15) is 21.5 Å². The van der Waals surface area contributed by atoms with Gasteiger partial charge in [-0.25, -0.2) is 0 Å². The summed E-state index contributed by atoms with van der Waals surface area (Å²) in [5.41, 5.74) is 2.95. The third kappa shape index (κ3) is 4.25. The van der Waals surface area contributed by atoms with Crippen molar-refractivity contribution >= 4 is 23.6 Å². The molecular weight excluding hydrogens is 336 g/mol. The molecule has 1 aliphatic rings. The Balaban J connectivity index is 1.50. The maximum Gasteiger partial charge on any atom is 0.257 e. The molecule has 1 fully saturated rings. The molecule has 6 heteroatoms. The number of benzene rings is 1. The van der Waals surface area contributed by atoms with Crippen LogP contribution >= 0.6 is 11.8 Å². The number of amides is 2. The van der Waals surface area contributed by atoms with Crippen molar-refractivity contribution < 1.29 is 14.0 Å². The van der Waals surface area contributed by atoms with Gasteiger partial charge in [0.25, 0.3) is 5.91 Å². The lowest BCUT2D eigenvalue weighted by molar-refractivity contribution is -0.129. The minimum atomic E-state index is -0.0365. The van der Waals surface area contributed by atoms with E-state index in [1.54, 1.807) is 22.7 Å². The molecule has 1 aromatic heterocycles. The second-order valence-electron chi connectivity index (χ2n) is 6.24. The Kier molecular flexibility index (Phi) is 5.48. The normalized spacial score (nSPS) is 14.6. The molecule has 2 aromatic rings. The zero-order valence-corrected chi connectivity index (χ0v) is 15.3. The highest BCUT2D eigenvalue weighted by Gasteiger charge is 2.25. The van der Waals surface area contributed by atoms with Crippen LogP contribution in [-0.2, 0) is 4.79 Å². The van der Waals surface area contributed by atoms with E-state index in [0.29, 0.717) is 37.5 Å². The SMILES string of the molecule is Cc1ccc(C)c(SCC(=O)N2CCN(C(=O)c3ccoc3)CC2)c1. The Morgan fingerprint density at radius 3 is 2.48 bits per heavy atom. The van der Waals surface area contributed by atoms with E-state index in [2.05, 4.69) is 32.0 Å². The minimum Gasteiger partial charge on any atom is -0.472 e. The molecule has 0 atom stereocenters. The van der Waals surface area contributed by atoms with Crippen molar-refractivity contribution in [3.05, 3.63) is 53.5 Å². The summed E-state index contributed by atoms with van der Waals surface area (Å²) in [5, 5.41) is 0. The van der Waals surface area contributed by atoms with Crippen molar-refractivity contribution in [2.24, 2.45) is 0 Å². The second kappa shape index (κ2) is 7.78. The van der Waals surface area contributed by atoms with Gasteiger partial charge in [-0.3, -0.25) is 9.59 Å². The molecule has 132 valence electrons. The molecule has 0 saturated carbocycles. The summed E-state index contributed by atoms with van der Waals surface area (Å²) in [6.45, 7) is 6.40. The predicted molar refractivity (Wildman–Crippen MR) is 97.8 cm³/mol. The molecule has 1 aliphatic heterocycles. The van der Waals surface area contributed by atoms with Crippen LogP contribution in [-0.4, -0.2) is 53.5 Å². The Morgan fingerprint density at radius 2 is 1.80 bits per heavy atom. The lowest BCUT2D eigenvalue weighted by Gasteiger charge is -2.34. The van der Waals surface area contributed by atoms with E-state index in [1.165, 1.54) is 23.7 Å². The lowest BCUT2D eigenvalue weighted by atomic mass is 10.2. The molecule has 2 heterocycles. The van der Waals surface area contributed by atoms with Gasteiger partial charge in [-0.1, -0.05) is 17.7 Å². The highest BCUT2D eigenvalue weighted by Crippen LogP contribution is 2.24. The number of carbonyl (C=O) groups is 2. The van der Waals surface area contributed by atoms with Crippen LogP contribution in [0.15, 0.2) is 46.1 Å². The monoisotopic (exact) mass is 358 g/mol. The third-order valence-electron chi connectivity index (χ3n) is 4.38. The highest BCUT2D eigenvalue weighted by atomic mass is 32.2. The summed E-state index contributed by atoms with van der Waals surface area (Å²) in [5.74, 6) is 0.520. The molecule has 25 heavy (non-hydrogen) atoms. The van der Waals surface area contributed by atoms with Crippen molar-refractivity contribution in [1.82, 2.24) is 9.80 Å². The molecule has 1 aromatic carbocycles. The second-order valence-corrected chi connectivity index (χ2v) is 7.26. The first-order valence-electron chi connectivity index (χ1n) is 8.34. The van der Waals surface area contributed by atoms with E-state index in [0.717, 1.165) is 4.90 Å². The molecule has 0 radical (unpaired) electrons. The fourth-order valence-electron chi connectivity index (χ4n) is 2.82. The first kappa shape index (κ1) is 17.6. The molecule has 2 amide bonds. The Hall–Kier alpha value is -2.21. The summed E-state index contributed by atoms with van der Waals surface area (Å²) in [4.78, 5) is 29.5. The van der Waals surface area contributed by atoms with Crippen LogP contribution in [0.25, 0.3) is 0 Å². The van der Waals surface area contributed by atoms with Gasteiger partial charge < -0.3 is 14.2 Å². The van der Waals surface area contributed by atoms with Crippen LogP contribution in [0.4, 0.5) is 0 Å². The van der Waals surface area contributed by atoms with Gasteiger partial charge in [0, 0.05) is 31.1 Å². The van der Waals surface area contributed by atoms with Crippen molar-refractivity contribution in [3.63, 3.8) is 0 Å². The van der Waals surface area contributed by atoms with Crippen LogP contribution < -0.4 is 0 Å². The van der Waals surface area contributed by atoms with Gasteiger partial charge in [-0.2, -0.15) is 0 Å². The summed E-state index contributed by atoms with van der Waals surface area (Å²) < 4.78 is 4.96. The van der Waals surface area contributed by atoms with E-state index in [9.17, 15) is 9.59 Å². The molecule has 5 nitrogen and oxygen atoms in total. The molecule has 0 bridgehead atoms. The van der Waals surface area contributed by atoms with Gasteiger partial charge in [0.2, 0.25) is 5.91 Å². The van der Waals surface area contributed by atoms with E-state index in [-0.39, 0.29) is 11.8 Å². The van der Waals surface area contributed by atoms with Gasteiger partial charge in [-0.05, 0) is 31.5 Å². The van der Waals surface area contributed by atoms with Crippen LogP contribution in [0.2, 0.25) is 0 Å². The van der Waals surface area contributed by atoms with Crippen molar-refractivity contribution in [3.8, 4) is 0 Å².